The zero-order valence-corrected chi connectivity index (χ0v) is 23.4. The number of unbranched alkanes of at least 4 members (excludes halogenated alkanes) is 16. The van der Waals surface area contributed by atoms with Crippen LogP contribution in [-0.4, -0.2) is 23.1 Å². The Balaban J connectivity index is 3.91. The van der Waals surface area contributed by atoms with Crippen molar-refractivity contribution in [1.82, 2.24) is 0 Å². The Labute approximate surface area is 217 Å². The van der Waals surface area contributed by atoms with E-state index in [1.54, 1.807) is 0 Å². The van der Waals surface area contributed by atoms with Crippen molar-refractivity contribution >= 4 is 11.9 Å². The van der Waals surface area contributed by atoms with Crippen LogP contribution in [0.3, 0.4) is 0 Å². The van der Waals surface area contributed by atoms with Crippen molar-refractivity contribution in [3.05, 3.63) is 12.2 Å². The van der Waals surface area contributed by atoms with Gasteiger partial charge in [0.05, 0.1) is 0 Å². The minimum Gasteiger partial charge on any atom is -0.481 e. The predicted octanol–water partition coefficient (Wildman–Crippen LogP) is 9.94. The van der Waals surface area contributed by atoms with Crippen molar-refractivity contribution in [3.8, 4) is 0 Å². The Kier molecular flexibility index (Phi) is 26.2. The highest BCUT2D eigenvalue weighted by Gasteiger charge is 2.14. The SMILES string of the molecule is CCCCCC/C=C\CCCCCCCC(=O)OC(CCCCCCCCC)CCCCC(=O)O. The second-order valence-corrected chi connectivity index (χ2v) is 10.3. The molecule has 4 nitrogen and oxygen atoms in total. The van der Waals surface area contributed by atoms with Crippen LogP contribution in [0, 0.1) is 0 Å². The lowest BCUT2D eigenvalue weighted by molar-refractivity contribution is -0.150. The fraction of sp³-hybridized carbons (Fsp3) is 0.871. The molecule has 0 amide bonds. The van der Waals surface area contributed by atoms with Gasteiger partial charge in [0.1, 0.15) is 6.10 Å². The summed E-state index contributed by atoms with van der Waals surface area (Å²) < 4.78 is 5.81. The van der Waals surface area contributed by atoms with Gasteiger partial charge in [0.25, 0.3) is 0 Å². The summed E-state index contributed by atoms with van der Waals surface area (Å²) in [5, 5.41) is 8.85. The molecular weight excluding hydrogens is 436 g/mol. The largest absolute Gasteiger partial charge is 0.481 e. The lowest BCUT2D eigenvalue weighted by atomic mass is 10.0. The zero-order chi connectivity index (χ0) is 25.8. The molecule has 0 heterocycles. The molecule has 0 spiro atoms. The predicted molar refractivity (Wildman–Crippen MR) is 149 cm³/mol. The highest BCUT2D eigenvalue weighted by Crippen LogP contribution is 2.18. The number of carboxylic acids is 1. The molecule has 0 saturated heterocycles. The van der Waals surface area contributed by atoms with Gasteiger partial charge in [0.2, 0.25) is 0 Å². The molecule has 0 aliphatic rings. The third-order valence-corrected chi connectivity index (χ3v) is 6.74. The molecule has 0 aliphatic heterocycles. The number of carbonyl (C=O) groups is 2. The van der Waals surface area contributed by atoms with Gasteiger partial charge in [0.15, 0.2) is 0 Å². The maximum atomic E-state index is 12.4. The summed E-state index contributed by atoms with van der Waals surface area (Å²) in [6.07, 6.45) is 30.7. The minimum atomic E-state index is -0.746. The lowest BCUT2D eigenvalue weighted by Gasteiger charge is -2.18. The summed E-state index contributed by atoms with van der Waals surface area (Å²) in [6, 6.07) is 0. The van der Waals surface area contributed by atoms with Crippen molar-refractivity contribution in [2.45, 2.75) is 174 Å². The fourth-order valence-electron chi connectivity index (χ4n) is 4.47. The molecule has 206 valence electrons. The summed E-state index contributed by atoms with van der Waals surface area (Å²) in [7, 11) is 0. The van der Waals surface area contributed by atoms with E-state index < -0.39 is 5.97 Å². The van der Waals surface area contributed by atoms with Gasteiger partial charge in [-0.3, -0.25) is 9.59 Å². The van der Waals surface area contributed by atoms with Crippen molar-refractivity contribution in [2.24, 2.45) is 0 Å². The molecule has 1 atom stereocenters. The number of allylic oxidation sites excluding steroid dienone is 2. The summed E-state index contributed by atoms with van der Waals surface area (Å²) in [4.78, 5) is 23.1. The van der Waals surface area contributed by atoms with Crippen LogP contribution in [0.4, 0.5) is 0 Å². The minimum absolute atomic E-state index is 0.0410. The van der Waals surface area contributed by atoms with Crippen molar-refractivity contribution in [2.75, 3.05) is 0 Å². The highest BCUT2D eigenvalue weighted by molar-refractivity contribution is 5.69. The van der Waals surface area contributed by atoms with Gasteiger partial charge in [-0.05, 0) is 64.2 Å². The molecule has 0 aromatic carbocycles. The Bertz CT molecular complexity index is 500. The Hall–Kier alpha value is -1.32. The molecular formula is C31H58O4. The zero-order valence-electron chi connectivity index (χ0n) is 23.4. The van der Waals surface area contributed by atoms with Gasteiger partial charge in [-0.1, -0.05) is 103 Å². The number of hydrogen-bond donors (Lipinski definition) is 1. The molecule has 0 aromatic heterocycles. The number of carboxylic acid groups (broad SMARTS) is 1. The second-order valence-electron chi connectivity index (χ2n) is 10.3. The van der Waals surface area contributed by atoms with Crippen LogP contribution in [0.25, 0.3) is 0 Å². The maximum absolute atomic E-state index is 12.4. The quantitative estimate of drug-likeness (QED) is 0.0701. The molecule has 0 fully saturated rings. The number of carbonyl (C=O) groups excluding carboxylic acids is 1. The topological polar surface area (TPSA) is 63.6 Å². The smallest absolute Gasteiger partial charge is 0.306 e. The number of hydrogen-bond acceptors (Lipinski definition) is 3. The normalized spacial score (nSPS) is 12.3. The molecule has 35 heavy (non-hydrogen) atoms. The van der Waals surface area contributed by atoms with Crippen LogP contribution in [0.15, 0.2) is 12.2 Å². The van der Waals surface area contributed by atoms with E-state index in [1.807, 2.05) is 0 Å². The molecule has 0 radical (unpaired) electrons. The van der Waals surface area contributed by atoms with Crippen LogP contribution in [0.2, 0.25) is 0 Å². The monoisotopic (exact) mass is 494 g/mol. The lowest BCUT2D eigenvalue weighted by Crippen LogP contribution is -2.18. The van der Waals surface area contributed by atoms with Gasteiger partial charge in [0, 0.05) is 12.8 Å². The van der Waals surface area contributed by atoms with Gasteiger partial charge < -0.3 is 9.84 Å². The van der Waals surface area contributed by atoms with Crippen LogP contribution < -0.4 is 0 Å². The molecule has 1 N–H and O–H groups in total. The summed E-state index contributed by atoms with van der Waals surface area (Å²) in [5.74, 6) is -0.814. The van der Waals surface area contributed by atoms with Crippen LogP contribution in [0.1, 0.15) is 168 Å². The average Bonchev–Trinajstić information content (AvgIpc) is 2.83. The number of rotatable bonds is 27. The van der Waals surface area contributed by atoms with Crippen molar-refractivity contribution in [1.29, 1.82) is 0 Å². The van der Waals surface area contributed by atoms with Crippen molar-refractivity contribution < 1.29 is 19.4 Å². The summed E-state index contributed by atoms with van der Waals surface area (Å²) in [5.41, 5.74) is 0. The third-order valence-electron chi connectivity index (χ3n) is 6.74. The number of ether oxygens (including phenoxy) is 1. The Morgan fingerprint density at radius 2 is 1.03 bits per heavy atom. The first kappa shape index (κ1) is 33.7. The first-order valence-electron chi connectivity index (χ1n) is 15.2. The second kappa shape index (κ2) is 27.3. The molecule has 0 bridgehead atoms. The fourth-order valence-corrected chi connectivity index (χ4v) is 4.47. The number of aliphatic carboxylic acids is 1. The first-order valence-corrected chi connectivity index (χ1v) is 15.2. The number of esters is 1. The summed E-state index contributed by atoms with van der Waals surface area (Å²) in [6.45, 7) is 4.49. The van der Waals surface area contributed by atoms with E-state index in [-0.39, 0.29) is 18.5 Å². The van der Waals surface area contributed by atoms with Gasteiger partial charge in [-0.2, -0.15) is 0 Å². The molecule has 4 heteroatoms. The van der Waals surface area contributed by atoms with Crippen LogP contribution in [0.5, 0.6) is 0 Å². The van der Waals surface area contributed by atoms with E-state index in [4.69, 9.17) is 9.84 Å². The Morgan fingerprint density at radius 3 is 1.60 bits per heavy atom. The van der Waals surface area contributed by atoms with Crippen LogP contribution >= 0.6 is 0 Å². The van der Waals surface area contributed by atoms with E-state index in [1.165, 1.54) is 96.3 Å². The summed E-state index contributed by atoms with van der Waals surface area (Å²) >= 11 is 0. The third kappa shape index (κ3) is 27.1. The molecule has 0 saturated carbocycles. The average molecular weight is 495 g/mol. The molecule has 0 rings (SSSR count). The molecule has 0 aliphatic carbocycles. The molecule has 1 unspecified atom stereocenters. The molecule has 0 aromatic rings. The first-order chi connectivity index (χ1) is 17.1. The van der Waals surface area contributed by atoms with Gasteiger partial charge >= 0.3 is 11.9 Å². The van der Waals surface area contributed by atoms with E-state index in [2.05, 4.69) is 26.0 Å². The maximum Gasteiger partial charge on any atom is 0.306 e. The van der Waals surface area contributed by atoms with E-state index >= 15 is 0 Å². The Morgan fingerprint density at radius 1 is 0.600 bits per heavy atom. The van der Waals surface area contributed by atoms with Gasteiger partial charge in [-0.15, -0.1) is 0 Å². The van der Waals surface area contributed by atoms with Crippen LogP contribution in [-0.2, 0) is 14.3 Å². The van der Waals surface area contributed by atoms with E-state index in [0.717, 1.165) is 38.5 Å². The standard InChI is InChI=1S/C31H58O4/c1-3-5-7-9-11-12-13-14-15-16-18-20-22-28-31(34)35-29(26-23-24-27-30(32)33)25-21-19-17-10-8-6-4-2/h12-13,29H,3-11,14-28H2,1-2H3,(H,32,33)/b13-12-. The van der Waals surface area contributed by atoms with Crippen molar-refractivity contribution in [3.63, 3.8) is 0 Å². The van der Waals surface area contributed by atoms with E-state index in [9.17, 15) is 9.59 Å². The van der Waals surface area contributed by atoms with Gasteiger partial charge in [-0.25, -0.2) is 0 Å². The van der Waals surface area contributed by atoms with E-state index in [0.29, 0.717) is 12.8 Å². The highest BCUT2D eigenvalue weighted by atomic mass is 16.5.